The molecule has 0 aromatic heterocycles. The van der Waals surface area contributed by atoms with Gasteiger partial charge in [-0.05, 0) is 50.0 Å². The third-order valence-electron chi connectivity index (χ3n) is 2.71. The molecule has 3 nitrogen and oxygen atoms in total. The molecule has 0 spiro atoms. The number of carboxylic acid groups (broad SMARTS) is 1. The van der Waals surface area contributed by atoms with Crippen molar-refractivity contribution in [1.29, 1.82) is 0 Å². The summed E-state index contributed by atoms with van der Waals surface area (Å²) in [6.45, 7) is 0.892. The predicted molar refractivity (Wildman–Crippen MR) is 81.4 cm³/mol. The molecule has 0 saturated heterocycles. The van der Waals surface area contributed by atoms with Gasteiger partial charge in [0.15, 0.2) is 0 Å². The maximum absolute atomic E-state index is 11.0. The molecule has 0 aliphatic rings. The summed E-state index contributed by atoms with van der Waals surface area (Å²) in [4.78, 5) is 15.1. The number of aromatic carboxylic acids is 1. The normalized spacial score (nSPS) is 10.8. The van der Waals surface area contributed by atoms with E-state index in [0.29, 0.717) is 5.56 Å². The molecule has 0 unspecified atom stereocenters. The Bertz CT molecular complexity index is 611. The van der Waals surface area contributed by atoms with Crippen molar-refractivity contribution in [1.82, 2.24) is 4.90 Å². The number of hydrogen-bond donors (Lipinski definition) is 1. The van der Waals surface area contributed by atoms with Gasteiger partial charge in [0, 0.05) is 16.3 Å². The summed E-state index contributed by atoms with van der Waals surface area (Å²) >= 11 is 1.58. The van der Waals surface area contributed by atoms with E-state index in [9.17, 15) is 4.79 Å². The van der Waals surface area contributed by atoms with Crippen LogP contribution in [0.25, 0.3) is 0 Å². The van der Waals surface area contributed by atoms with Crippen molar-refractivity contribution in [2.75, 3.05) is 14.1 Å². The van der Waals surface area contributed by atoms with Gasteiger partial charge in [-0.1, -0.05) is 30.0 Å². The molecule has 0 aliphatic carbocycles. The van der Waals surface area contributed by atoms with E-state index in [1.54, 1.807) is 30.0 Å². The van der Waals surface area contributed by atoms with E-state index in [1.165, 1.54) is 5.56 Å². The van der Waals surface area contributed by atoms with Gasteiger partial charge in [-0.2, -0.15) is 0 Å². The molecule has 2 aromatic carbocycles. The van der Waals surface area contributed by atoms with Crippen molar-refractivity contribution in [3.05, 3.63) is 59.7 Å². The number of benzene rings is 2. The molecule has 1 N–H and O–H groups in total. The fourth-order valence-electron chi connectivity index (χ4n) is 1.90. The molecule has 0 aliphatic heterocycles. The zero-order valence-corrected chi connectivity index (χ0v) is 12.4. The van der Waals surface area contributed by atoms with Crippen LogP contribution >= 0.6 is 11.8 Å². The molecule has 0 fully saturated rings. The summed E-state index contributed by atoms with van der Waals surface area (Å²) in [5.41, 5.74) is 1.56. The maximum atomic E-state index is 11.0. The van der Waals surface area contributed by atoms with Crippen LogP contribution in [0.15, 0.2) is 58.3 Å². The molecular formula is C16H17NO2S. The number of hydrogen-bond acceptors (Lipinski definition) is 3. The van der Waals surface area contributed by atoms with Crippen molar-refractivity contribution in [2.45, 2.75) is 16.3 Å². The van der Waals surface area contributed by atoms with Crippen LogP contribution in [0.2, 0.25) is 0 Å². The molecule has 4 heteroatoms. The molecule has 2 rings (SSSR count). The first-order valence-corrected chi connectivity index (χ1v) is 7.11. The van der Waals surface area contributed by atoms with E-state index in [-0.39, 0.29) is 0 Å². The molecular weight excluding hydrogens is 270 g/mol. The number of nitrogens with zero attached hydrogens (tertiary/aromatic N) is 1. The summed E-state index contributed by atoms with van der Waals surface area (Å²) in [6.07, 6.45) is 0. The molecule has 2 aromatic rings. The van der Waals surface area contributed by atoms with Crippen LogP contribution in [0.1, 0.15) is 15.9 Å². The summed E-state index contributed by atoms with van der Waals surface area (Å²) in [7, 11) is 4.08. The molecule has 0 saturated carbocycles. The minimum absolute atomic E-state index is 0.319. The van der Waals surface area contributed by atoms with Crippen LogP contribution in [0, 0.1) is 0 Å². The largest absolute Gasteiger partial charge is 0.478 e. The van der Waals surface area contributed by atoms with E-state index < -0.39 is 5.97 Å². The van der Waals surface area contributed by atoms with Gasteiger partial charge < -0.3 is 10.0 Å². The first kappa shape index (κ1) is 14.6. The average Bonchev–Trinajstić information content (AvgIpc) is 2.38. The fourth-order valence-corrected chi connectivity index (χ4v) is 2.86. The Morgan fingerprint density at radius 3 is 2.40 bits per heavy atom. The second kappa shape index (κ2) is 6.59. The van der Waals surface area contributed by atoms with E-state index >= 15 is 0 Å². The van der Waals surface area contributed by atoms with Gasteiger partial charge in [-0.25, -0.2) is 4.79 Å². The predicted octanol–water partition coefficient (Wildman–Crippen LogP) is 3.60. The van der Waals surface area contributed by atoms with Crippen LogP contribution in [-0.2, 0) is 6.54 Å². The van der Waals surface area contributed by atoms with Crippen LogP contribution < -0.4 is 0 Å². The lowest BCUT2D eigenvalue weighted by atomic mass is 10.2. The summed E-state index contributed by atoms with van der Waals surface area (Å²) in [5, 5.41) is 9.00. The van der Waals surface area contributed by atoms with Crippen molar-refractivity contribution < 1.29 is 9.90 Å². The maximum Gasteiger partial charge on any atom is 0.335 e. The highest BCUT2D eigenvalue weighted by molar-refractivity contribution is 7.99. The van der Waals surface area contributed by atoms with Gasteiger partial charge in [0.25, 0.3) is 0 Å². The second-order valence-electron chi connectivity index (χ2n) is 4.82. The van der Waals surface area contributed by atoms with Gasteiger partial charge in [-0.15, -0.1) is 0 Å². The van der Waals surface area contributed by atoms with E-state index in [1.807, 2.05) is 32.3 Å². The van der Waals surface area contributed by atoms with Crippen LogP contribution in [-0.4, -0.2) is 30.1 Å². The lowest BCUT2D eigenvalue weighted by molar-refractivity contribution is 0.0696. The minimum Gasteiger partial charge on any atom is -0.478 e. The second-order valence-corrected chi connectivity index (χ2v) is 5.97. The Balaban J connectivity index is 2.17. The van der Waals surface area contributed by atoms with Gasteiger partial charge in [0.1, 0.15) is 0 Å². The van der Waals surface area contributed by atoms with Gasteiger partial charge in [-0.3, -0.25) is 0 Å². The van der Waals surface area contributed by atoms with Crippen molar-refractivity contribution in [3.63, 3.8) is 0 Å². The Hall–Kier alpha value is -1.78. The number of carboxylic acids is 1. The zero-order valence-electron chi connectivity index (χ0n) is 11.5. The van der Waals surface area contributed by atoms with Crippen molar-refractivity contribution >= 4 is 17.7 Å². The lowest BCUT2D eigenvalue weighted by Gasteiger charge is -2.10. The molecule has 0 atom stereocenters. The van der Waals surface area contributed by atoms with E-state index in [4.69, 9.17) is 5.11 Å². The quantitative estimate of drug-likeness (QED) is 0.912. The highest BCUT2D eigenvalue weighted by Gasteiger charge is 2.05. The van der Waals surface area contributed by atoms with Crippen molar-refractivity contribution in [3.8, 4) is 0 Å². The lowest BCUT2D eigenvalue weighted by Crippen LogP contribution is -2.10. The van der Waals surface area contributed by atoms with E-state index in [2.05, 4.69) is 17.0 Å². The number of carbonyl (C=O) groups is 1. The fraction of sp³-hybridized carbons (Fsp3) is 0.188. The Morgan fingerprint density at radius 2 is 1.75 bits per heavy atom. The zero-order chi connectivity index (χ0) is 14.5. The van der Waals surface area contributed by atoms with Crippen LogP contribution in [0.5, 0.6) is 0 Å². The highest BCUT2D eigenvalue weighted by atomic mass is 32.2. The standard InChI is InChI=1S/C16H17NO2S/c1-17(2)11-12-5-3-7-14(9-12)20-15-8-4-6-13(10-15)16(18)19/h3-10H,11H2,1-2H3,(H,18,19). The molecule has 0 radical (unpaired) electrons. The Kier molecular flexibility index (Phi) is 4.82. The molecule has 20 heavy (non-hydrogen) atoms. The topological polar surface area (TPSA) is 40.5 Å². The molecule has 0 heterocycles. The molecule has 0 amide bonds. The Morgan fingerprint density at radius 1 is 1.10 bits per heavy atom. The molecule has 0 bridgehead atoms. The summed E-state index contributed by atoms with van der Waals surface area (Å²) < 4.78 is 0. The first-order chi connectivity index (χ1) is 9.54. The SMILES string of the molecule is CN(C)Cc1cccc(Sc2cccc(C(=O)O)c2)c1. The average molecular weight is 287 g/mol. The van der Waals surface area contributed by atoms with Gasteiger partial charge >= 0.3 is 5.97 Å². The summed E-state index contributed by atoms with van der Waals surface area (Å²) in [5.74, 6) is -0.895. The third-order valence-corrected chi connectivity index (χ3v) is 3.69. The first-order valence-electron chi connectivity index (χ1n) is 6.29. The minimum atomic E-state index is -0.895. The molecule has 104 valence electrons. The highest BCUT2D eigenvalue weighted by Crippen LogP contribution is 2.29. The van der Waals surface area contributed by atoms with Crippen molar-refractivity contribution in [2.24, 2.45) is 0 Å². The summed E-state index contributed by atoms with van der Waals surface area (Å²) in [6, 6.07) is 15.3. The number of rotatable bonds is 5. The van der Waals surface area contributed by atoms with E-state index in [0.717, 1.165) is 16.3 Å². The third kappa shape index (κ3) is 4.11. The monoisotopic (exact) mass is 287 g/mol. The Labute approximate surface area is 123 Å². The van der Waals surface area contributed by atoms with Gasteiger partial charge in [0.05, 0.1) is 5.56 Å². The van der Waals surface area contributed by atoms with Crippen LogP contribution in [0.3, 0.4) is 0 Å². The van der Waals surface area contributed by atoms with Crippen LogP contribution in [0.4, 0.5) is 0 Å². The smallest absolute Gasteiger partial charge is 0.335 e. The van der Waals surface area contributed by atoms with Gasteiger partial charge in [0.2, 0.25) is 0 Å².